The second-order valence-corrected chi connectivity index (χ2v) is 6.73. The van der Waals surface area contributed by atoms with Gasteiger partial charge >= 0.3 is 0 Å². The Balaban J connectivity index is 1.81. The summed E-state index contributed by atoms with van der Waals surface area (Å²) in [4.78, 5) is 0. The highest BCUT2D eigenvalue weighted by molar-refractivity contribution is 5.65. The van der Waals surface area contributed by atoms with Gasteiger partial charge in [0.25, 0.3) is 0 Å². The van der Waals surface area contributed by atoms with Crippen LogP contribution < -0.4 is 0 Å². The van der Waals surface area contributed by atoms with Gasteiger partial charge in [-0.05, 0) is 60.8 Å². The topological polar surface area (TPSA) is 0 Å². The van der Waals surface area contributed by atoms with Gasteiger partial charge in [0.1, 0.15) is 11.6 Å². The molecule has 0 nitrogen and oxygen atoms in total. The zero-order valence-electron chi connectivity index (χ0n) is 13.7. The first-order valence-electron chi connectivity index (χ1n) is 8.73. The molecule has 0 atom stereocenters. The SMILES string of the molecule is CCCC1CCC(c2cc(F)c(-c3ccccc3)c(F)c2)CC1. The Bertz CT molecular complexity index is 617. The van der Waals surface area contributed by atoms with Crippen molar-refractivity contribution in [2.75, 3.05) is 0 Å². The second-order valence-electron chi connectivity index (χ2n) is 6.73. The minimum Gasteiger partial charge on any atom is -0.206 e. The minimum atomic E-state index is -0.443. The van der Waals surface area contributed by atoms with E-state index in [9.17, 15) is 8.78 Å². The van der Waals surface area contributed by atoms with Crippen LogP contribution in [0.1, 0.15) is 56.9 Å². The molecule has 0 heterocycles. The molecule has 3 rings (SSSR count). The zero-order chi connectivity index (χ0) is 16.2. The summed E-state index contributed by atoms with van der Waals surface area (Å²) >= 11 is 0. The average Bonchev–Trinajstić information content (AvgIpc) is 2.56. The lowest BCUT2D eigenvalue weighted by atomic mass is 9.77. The standard InChI is InChI=1S/C21H24F2/c1-2-6-15-9-11-16(12-10-15)18-13-19(22)21(20(23)14-18)17-7-4-3-5-8-17/h3-5,7-8,13-16H,2,6,9-12H2,1H3. The van der Waals surface area contributed by atoms with Crippen LogP contribution in [0.4, 0.5) is 8.78 Å². The number of benzene rings is 2. The summed E-state index contributed by atoms with van der Waals surface area (Å²) in [6.45, 7) is 2.22. The molecular formula is C21H24F2. The van der Waals surface area contributed by atoms with Gasteiger partial charge in [0.15, 0.2) is 0 Å². The van der Waals surface area contributed by atoms with Crippen molar-refractivity contribution in [1.82, 2.24) is 0 Å². The lowest BCUT2D eigenvalue weighted by Gasteiger charge is -2.29. The van der Waals surface area contributed by atoms with E-state index < -0.39 is 11.6 Å². The molecule has 1 saturated carbocycles. The summed E-state index contributed by atoms with van der Waals surface area (Å²) in [6, 6.07) is 12.1. The largest absolute Gasteiger partial charge is 0.206 e. The van der Waals surface area contributed by atoms with Crippen molar-refractivity contribution < 1.29 is 8.78 Å². The van der Waals surface area contributed by atoms with E-state index in [0.29, 0.717) is 11.5 Å². The van der Waals surface area contributed by atoms with E-state index in [1.807, 2.05) is 6.07 Å². The Labute approximate surface area is 137 Å². The molecule has 0 amide bonds. The molecule has 1 aliphatic carbocycles. The highest BCUT2D eigenvalue weighted by atomic mass is 19.1. The predicted molar refractivity (Wildman–Crippen MR) is 91.4 cm³/mol. The van der Waals surface area contributed by atoms with Crippen LogP contribution in [0.2, 0.25) is 0 Å². The van der Waals surface area contributed by atoms with Gasteiger partial charge in [-0.15, -0.1) is 0 Å². The Kier molecular flexibility index (Phi) is 5.09. The van der Waals surface area contributed by atoms with Crippen molar-refractivity contribution >= 4 is 0 Å². The number of rotatable bonds is 4. The Morgan fingerprint density at radius 2 is 1.52 bits per heavy atom. The van der Waals surface area contributed by atoms with Crippen molar-refractivity contribution in [3.63, 3.8) is 0 Å². The first-order chi connectivity index (χ1) is 11.2. The maximum atomic E-state index is 14.5. The smallest absolute Gasteiger partial charge is 0.134 e. The van der Waals surface area contributed by atoms with Crippen LogP contribution in [0.25, 0.3) is 11.1 Å². The number of halogens is 2. The lowest BCUT2D eigenvalue weighted by molar-refractivity contribution is 0.307. The van der Waals surface area contributed by atoms with Gasteiger partial charge < -0.3 is 0 Å². The highest BCUT2D eigenvalue weighted by Gasteiger charge is 2.24. The van der Waals surface area contributed by atoms with E-state index >= 15 is 0 Å². The van der Waals surface area contributed by atoms with Gasteiger partial charge in [0, 0.05) is 0 Å². The van der Waals surface area contributed by atoms with Crippen LogP contribution in [-0.2, 0) is 0 Å². The molecule has 0 N–H and O–H groups in total. The van der Waals surface area contributed by atoms with Crippen LogP contribution >= 0.6 is 0 Å². The molecule has 1 aliphatic rings. The molecule has 1 fully saturated rings. The van der Waals surface area contributed by atoms with E-state index in [4.69, 9.17) is 0 Å². The summed E-state index contributed by atoms with van der Waals surface area (Å²) in [5, 5.41) is 0. The summed E-state index contributed by atoms with van der Waals surface area (Å²) in [5.41, 5.74) is 1.52. The highest BCUT2D eigenvalue weighted by Crippen LogP contribution is 2.39. The molecule has 2 aromatic carbocycles. The third-order valence-corrected chi connectivity index (χ3v) is 5.14. The number of hydrogen-bond donors (Lipinski definition) is 0. The Morgan fingerprint density at radius 1 is 0.913 bits per heavy atom. The molecule has 0 spiro atoms. The molecule has 2 aromatic rings. The number of hydrogen-bond acceptors (Lipinski definition) is 0. The van der Waals surface area contributed by atoms with E-state index in [0.717, 1.165) is 24.3 Å². The first-order valence-corrected chi connectivity index (χ1v) is 8.73. The molecule has 122 valence electrons. The summed E-state index contributed by atoms with van der Waals surface area (Å²) in [7, 11) is 0. The van der Waals surface area contributed by atoms with Crippen molar-refractivity contribution in [3.8, 4) is 11.1 Å². The average molecular weight is 314 g/mol. The van der Waals surface area contributed by atoms with Gasteiger partial charge in [-0.3, -0.25) is 0 Å². The molecule has 2 heteroatoms. The molecule has 0 unspecified atom stereocenters. The zero-order valence-corrected chi connectivity index (χ0v) is 13.7. The first kappa shape index (κ1) is 16.2. The van der Waals surface area contributed by atoms with Crippen molar-refractivity contribution in [2.24, 2.45) is 5.92 Å². The van der Waals surface area contributed by atoms with Crippen LogP contribution in [-0.4, -0.2) is 0 Å². The van der Waals surface area contributed by atoms with E-state index in [2.05, 4.69) is 6.92 Å². The van der Waals surface area contributed by atoms with Crippen LogP contribution in [0.3, 0.4) is 0 Å². The van der Waals surface area contributed by atoms with E-state index in [1.165, 1.54) is 25.7 Å². The second kappa shape index (κ2) is 7.25. The molecule has 0 radical (unpaired) electrons. The van der Waals surface area contributed by atoms with Gasteiger partial charge in [0.05, 0.1) is 5.56 Å². The van der Waals surface area contributed by atoms with Gasteiger partial charge in [-0.2, -0.15) is 0 Å². The lowest BCUT2D eigenvalue weighted by Crippen LogP contribution is -2.13. The maximum Gasteiger partial charge on any atom is 0.134 e. The monoisotopic (exact) mass is 314 g/mol. The van der Waals surface area contributed by atoms with Gasteiger partial charge in [-0.1, -0.05) is 50.1 Å². The molecule has 23 heavy (non-hydrogen) atoms. The van der Waals surface area contributed by atoms with Crippen molar-refractivity contribution in [1.29, 1.82) is 0 Å². The molecule has 0 aliphatic heterocycles. The van der Waals surface area contributed by atoms with E-state index in [-0.39, 0.29) is 5.56 Å². The Hall–Kier alpha value is -1.70. The third-order valence-electron chi connectivity index (χ3n) is 5.14. The van der Waals surface area contributed by atoms with Gasteiger partial charge in [0.2, 0.25) is 0 Å². The molecular weight excluding hydrogens is 290 g/mol. The van der Waals surface area contributed by atoms with Crippen LogP contribution in [0.5, 0.6) is 0 Å². The van der Waals surface area contributed by atoms with Gasteiger partial charge in [-0.25, -0.2) is 8.78 Å². The Morgan fingerprint density at radius 3 is 2.09 bits per heavy atom. The fourth-order valence-corrected chi connectivity index (χ4v) is 3.90. The summed E-state index contributed by atoms with van der Waals surface area (Å²) in [6.07, 6.45) is 6.97. The van der Waals surface area contributed by atoms with Crippen molar-refractivity contribution in [3.05, 3.63) is 59.7 Å². The quantitative estimate of drug-likeness (QED) is 0.588. The molecule has 0 bridgehead atoms. The van der Waals surface area contributed by atoms with Crippen LogP contribution in [0.15, 0.2) is 42.5 Å². The van der Waals surface area contributed by atoms with E-state index in [1.54, 1.807) is 36.4 Å². The maximum absolute atomic E-state index is 14.5. The summed E-state index contributed by atoms with van der Waals surface area (Å²) < 4.78 is 29.0. The van der Waals surface area contributed by atoms with Crippen molar-refractivity contribution in [2.45, 2.75) is 51.4 Å². The third kappa shape index (κ3) is 3.63. The summed E-state index contributed by atoms with van der Waals surface area (Å²) in [5.74, 6) is 0.218. The van der Waals surface area contributed by atoms with Crippen LogP contribution in [0, 0.1) is 17.6 Å². The fraction of sp³-hybridized carbons (Fsp3) is 0.429. The molecule has 0 aromatic heterocycles. The fourth-order valence-electron chi connectivity index (χ4n) is 3.90. The molecule has 0 saturated heterocycles. The minimum absolute atomic E-state index is 0.0917. The normalized spacial score (nSPS) is 21.3. The predicted octanol–water partition coefficient (Wildman–Crippen LogP) is 6.71.